The van der Waals surface area contributed by atoms with Crippen LogP contribution in [-0.2, 0) is 16.8 Å². The van der Waals surface area contributed by atoms with Crippen LogP contribution in [0.5, 0.6) is 5.75 Å². The minimum atomic E-state index is -0.378. The number of anilines is 1. The number of para-hydroxylation sites is 1. The largest absolute Gasteiger partial charge is 0.427 e. The van der Waals surface area contributed by atoms with E-state index in [9.17, 15) is 4.79 Å². The second kappa shape index (κ2) is 7.23. The molecule has 0 bridgehead atoms. The van der Waals surface area contributed by atoms with Crippen molar-refractivity contribution >= 4 is 11.7 Å². The summed E-state index contributed by atoms with van der Waals surface area (Å²) in [4.78, 5) is 19.5. The predicted molar refractivity (Wildman–Crippen MR) is 106 cm³/mol. The van der Waals surface area contributed by atoms with Gasteiger partial charge < -0.3 is 9.64 Å². The second-order valence-corrected chi connectivity index (χ2v) is 7.24. The summed E-state index contributed by atoms with van der Waals surface area (Å²) in [5, 5.41) is 0. The molecule has 2 heterocycles. The average Bonchev–Trinajstić information content (AvgIpc) is 2.95. The van der Waals surface area contributed by atoms with Crippen molar-refractivity contribution in [2.75, 3.05) is 11.4 Å². The molecular weight excluding hydrogens is 336 g/mol. The molecule has 1 aliphatic heterocycles. The molecule has 0 aliphatic carbocycles. The Morgan fingerprint density at radius 3 is 2.48 bits per heavy atom. The highest BCUT2D eigenvalue weighted by Gasteiger charge is 2.42. The van der Waals surface area contributed by atoms with Crippen molar-refractivity contribution in [3.63, 3.8) is 0 Å². The number of benzene rings is 2. The van der Waals surface area contributed by atoms with Gasteiger partial charge in [-0.15, -0.1) is 0 Å². The van der Waals surface area contributed by atoms with Crippen molar-refractivity contribution in [2.24, 2.45) is 0 Å². The Bertz CT molecular complexity index is 927. The zero-order valence-corrected chi connectivity index (χ0v) is 15.3. The monoisotopic (exact) mass is 358 g/mol. The van der Waals surface area contributed by atoms with Crippen molar-refractivity contribution in [1.82, 2.24) is 4.98 Å². The third-order valence-corrected chi connectivity index (χ3v) is 4.96. The Morgan fingerprint density at radius 1 is 1.04 bits per heavy atom. The molecule has 1 aromatic heterocycles. The van der Waals surface area contributed by atoms with Crippen LogP contribution in [0.1, 0.15) is 24.6 Å². The van der Waals surface area contributed by atoms with E-state index < -0.39 is 0 Å². The molecule has 0 amide bonds. The molecule has 4 heteroatoms. The van der Waals surface area contributed by atoms with Crippen LogP contribution in [0.4, 0.5) is 5.69 Å². The first-order chi connectivity index (χ1) is 13.1. The number of aromatic nitrogens is 1. The minimum absolute atomic E-state index is 0.234. The zero-order chi connectivity index (χ0) is 18.7. The van der Waals surface area contributed by atoms with Gasteiger partial charge in [-0.25, -0.2) is 0 Å². The van der Waals surface area contributed by atoms with Crippen molar-refractivity contribution in [3.8, 4) is 5.75 Å². The fourth-order valence-electron chi connectivity index (χ4n) is 3.76. The third kappa shape index (κ3) is 3.70. The number of carbonyl (C=O) groups is 1. The summed E-state index contributed by atoms with van der Waals surface area (Å²) < 4.78 is 5.52. The first kappa shape index (κ1) is 17.3. The standard InChI is InChI=1S/C23H22N2O2/c1-23(15-21(26)27-19-11-6-3-7-12-19)17-25(16-18-9-4-2-5-10-18)20-13-8-14-24-22(20)23/h2-14H,15-17H2,1H3. The molecule has 0 spiro atoms. The van der Waals surface area contributed by atoms with Crippen LogP contribution in [0.15, 0.2) is 79.0 Å². The lowest BCUT2D eigenvalue weighted by atomic mass is 9.85. The molecule has 0 saturated carbocycles. The molecule has 3 aromatic rings. The molecule has 27 heavy (non-hydrogen) atoms. The van der Waals surface area contributed by atoms with Gasteiger partial charge in [0.05, 0.1) is 17.8 Å². The molecule has 0 radical (unpaired) electrons. The quantitative estimate of drug-likeness (QED) is 0.502. The third-order valence-electron chi connectivity index (χ3n) is 4.96. The van der Waals surface area contributed by atoms with Crippen molar-refractivity contribution in [2.45, 2.75) is 25.3 Å². The van der Waals surface area contributed by atoms with E-state index in [2.05, 4.69) is 35.0 Å². The van der Waals surface area contributed by atoms with Crippen molar-refractivity contribution < 1.29 is 9.53 Å². The SMILES string of the molecule is CC1(CC(=O)Oc2ccccc2)CN(Cc2ccccc2)c2cccnc21. The lowest BCUT2D eigenvalue weighted by Gasteiger charge is -2.25. The summed E-state index contributed by atoms with van der Waals surface area (Å²) in [7, 11) is 0. The highest BCUT2D eigenvalue weighted by molar-refractivity contribution is 5.76. The number of fused-ring (bicyclic) bond motifs is 1. The van der Waals surface area contributed by atoms with Gasteiger partial charge in [0.2, 0.25) is 0 Å². The minimum Gasteiger partial charge on any atom is -0.427 e. The van der Waals surface area contributed by atoms with Gasteiger partial charge in [0.1, 0.15) is 5.75 Å². The van der Waals surface area contributed by atoms with Crippen molar-refractivity contribution in [1.29, 1.82) is 0 Å². The smallest absolute Gasteiger partial charge is 0.312 e. The zero-order valence-electron chi connectivity index (χ0n) is 15.3. The Kier molecular flexibility index (Phi) is 4.63. The Hall–Kier alpha value is -3.14. The van der Waals surface area contributed by atoms with Crippen LogP contribution in [0.2, 0.25) is 0 Å². The van der Waals surface area contributed by atoms with Gasteiger partial charge in [-0.2, -0.15) is 0 Å². The van der Waals surface area contributed by atoms with E-state index in [1.165, 1.54) is 5.56 Å². The highest BCUT2D eigenvalue weighted by Crippen LogP contribution is 2.42. The predicted octanol–water partition coefficient (Wildman–Crippen LogP) is 4.36. The van der Waals surface area contributed by atoms with Gasteiger partial charge in [0.25, 0.3) is 0 Å². The Morgan fingerprint density at radius 2 is 1.74 bits per heavy atom. The molecule has 1 aliphatic rings. The van der Waals surface area contributed by atoms with Crippen molar-refractivity contribution in [3.05, 3.63) is 90.3 Å². The lowest BCUT2D eigenvalue weighted by molar-refractivity contribution is -0.135. The topological polar surface area (TPSA) is 42.4 Å². The number of nitrogens with zero attached hydrogens (tertiary/aromatic N) is 2. The maximum Gasteiger partial charge on any atom is 0.312 e. The maximum atomic E-state index is 12.6. The number of rotatable bonds is 5. The van der Waals surface area contributed by atoms with Gasteiger partial charge in [0, 0.05) is 24.7 Å². The van der Waals surface area contributed by atoms with Gasteiger partial charge in [0.15, 0.2) is 0 Å². The number of hydrogen-bond donors (Lipinski definition) is 0. The first-order valence-electron chi connectivity index (χ1n) is 9.14. The Balaban J connectivity index is 1.54. The first-order valence-corrected chi connectivity index (χ1v) is 9.14. The van der Waals surface area contributed by atoms with E-state index >= 15 is 0 Å². The number of ether oxygens (including phenoxy) is 1. The second-order valence-electron chi connectivity index (χ2n) is 7.24. The fraction of sp³-hybridized carbons (Fsp3) is 0.217. The fourth-order valence-corrected chi connectivity index (χ4v) is 3.76. The van der Waals surface area contributed by atoms with Gasteiger partial charge in [-0.1, -0.05) is 55.5 Å². The van der Waals surface area contributed by atoms with Crippen LogP contribution >= 0.6 is 0 Å². The molecule has 0 saturated heterocycles. The molecule has 1 unspecified atom stereocenters. The van der Waals surface area contributed by atoms with E-state index in [1.54, 1.807) is 18.3 Å². The van der Waals surface area contributed by atoms with Gasteiger partial charge in [-0.05, 0) is 29.8 Å². The number of esters is 1. The summed E-state index contributed by atoms with van der Waals surface area (Å²) in [6, 6.07) is 23.6. The van der Waals surface area contributed by atoms with Crippen LogP contribution in [0.3, 0.4) is 0 Å². The molecule has 0 fully saturated rings. The molecular formula is C23H22N2O2. The number of carbonyl (C=O) groups excluding carboxylic acids is 1. The summed E-state index contributed by atoms with van der Waals surface area (Å²) in [5.41, 5.74) is 2.92. The van der Waals surface area contributed by atoms with E-state index in [-0.39, 0.29) is 17.8 Å². The van der Waals surface area contributed by atoms with Crippen LogP contribution in [0, 0.1) is 0 Å². The highest BCUT2D eigenvalue weighted by atomic mass is 16.5. The number of pyridine rings is 1. The van der Waals surface area contributed by atoms with Crippen LogP contribution in [-0.4, -0.2) is 17.5 Å². The molecule has 1 atom stereocenters. The summed E-state index contributed by atoms with van der Waals surface area (Å²) in [6.07, 6.45) is 2.09. The molecule has 2 aromatic carbocycles. The van der Waals surface area contributed by atoms with Crippen LogP contribution < -0.4 is 9.64 Å². The normalized spacial score (nSPS) is 18.2. The van der Waals surface area contributed by atoms with E-state index in [4.69, 9.17) is 4.74 Å². The van der Waals surface area contributed by atoms with Gasteiger partial charge in [-0.3, -0.25) is 9.78 Å². The molecule has 136 valence electrons. The molecule has 4 nitrogen and oxygen atoms in total. The summed E-state index contributed by atoms with van der Waals surface area (Å²) >= 11 is 0. The number of hydrogen-bond acceptors (Lipinski definition) is 4. The van der Waals surface area contributed by atoms with E-state index in [0.717, 1.165) is 24.5 Å². The summed E-state index contributed by atoms with van der Waals surface area (Å²) in [5.74, 6) is 0.341. The average molecular weight is 358 g/mol. The molecule has 0 N–H and O–H groups in total. The van der Waals surface area contributed by atoms with Gasteiger partial charge >= 0.3 is 5.97 Å². The van der Waals surface area contributed by atoms with Crippen LogP contribution in [0.25, 0.3) is 0 Å². The lowest BCUT2D eigenvalue weighted by Crippen LogP contribution is -2.34. The Labute approximate surface area is 159 Å². The maximum absolute atomic E-state index is 12.6. The summed E-state index contributed by atoms with van der Waals surface area (Å²) in [6.45, 7) is 3.62. The molecule has 4 rings (SSSR count). The van der Waals surface area contributed by atoms with E-state index in [0.29, 0.717) is 5.75 Å². The van der Waals surface area contributed by atoms with E-state index in [1.807, 2.05) is 42.5 Å².